The van der Waals surface area contributed by atoms with E-state index in [-0.39, 0.29) is 30.1 Å². The Kier molecular flexibility index (Phi) is 7.48. The fourth-order valence-electron chi connectivity index (χ4n) is 6.23. The van der Waals surface area contributed by atoms with Crippen LogP contribution in [0, 0.1) is 5.41 Å². The maximum Gasteiger partial charge on any atom is 0.255 e. The van der Waals surface area contributed by atoms with Crippen molar-refractivity contribution >= 4 is 43.9 Å². The summed E-state index contributed by atoms with van der Waals surface area (Å²) >= 11 is 0. The van der Waals surface area contributed by atoms with Crippen LogP contribution < -0.4 is 19.8 Å². The highest BCUT2D eigenvalue weighted by molar-refractivity contribution is 7.89. The summed E-state index contributed by atoms with van der Waals surface area (Å²) in [4.78, 5) is 18.4. The van der Waals surface area contributed by atoms with Crippen LogP contribution in [0.3, 0.4) is 0 Å². The molecule has 2 aliphatic heterocycles. The molecule has 41 heavy (non-hydrogen) atoms. The van der Waals surface area contributed by atoms with Gasteiger partial charge >= 0.3 is 0 Å². The molecule has 0 unspecified atom stereocenters. The molecule has 3 N–H and O–H groups in total. The van der Waals surface area contributed by atoms with Crippen LogP contribution in [0.5, 0.6) is 0 Å². The van der Waals surface area contributed by atoms with E-state index >= 15 is 0 Å². The molecular weight excluding hydrogens is 542 g/mol. The first-order chi connectivity index (χ1) is 19.7. The molecule has 3 fully saturated rings. The van der Waals surface area contributed by atoms with Crippen LogP contribution in [0.2, 0.25) is 0 Å². The zero-order valence-corrected chi connectivity index (χ0v) is 24.5. The molecule has 2 saturated heterocycles. The fraction of sp³-hybridized carbons (Fsp3) is 0.500. The first-order valence-electron chi connectivity index (χ1n) is 14.4. The number of aliphatic hydroxyl groups is 1. The molecule has 6 rings (SSSR count). The number of sulfonamides is 1. The summed E-state index contributed by atoms with van der Waals surface area (Å²) in [6, 6.07) is 10.7. The normalized spacial score (nSPS) is 20.5. The molecule has 220 valence electrons. The van der Waals surface area contributed by atoms with Crippen LogP contribution >= 0.6 is 0 Å². The molecule has 1 saturated carbocycles. The molecule has 1 amide bonds. The minimum absolute atomic E-state index is 0.0609. The van der Waals surface area contributed by atoms with Crippen molar-refractivity contribution in [1.82, 2.24) is 9.29 Å². The van der Waals surface area contributed by atoms with Crippen LogP contribution in [0.4, 0.5) is 17.1 Å². The third-order valence-electron chi connectivity index (χ3n) is 8.85. The van der Waals surface area contributed by atoms with Crippen molar-refractivity contribution in [3.05, 3.63) is 48.2 Å². The van der Waals surface area contributed by atoms with Crippen molar-refractivity contribution in [2.75, 3.05) is 61.1 Å². The Labute approximate surface area is 241 Å². The number of aliphatic hydroxyl groups excluding tert-OH is 1. The van der Waals surface area contributed by atoms with Gasteiger partial charge in [-0.3, -0.25) is 4.79 Å². The Hall–Kier alpha value is -3.12. The quantitative estimate of drug-likeness (QED) is 0.374. The largest absolute Gasteiger partial charge is 0.395 e. The molecule has 1 aliphatic carbocycles. The Balaban J connectivity index is 1.33. The predicted molar refractivity (Wildman–Crippen MR) is 160 cm³/mol. The summed E-state index contributed by atoms with van der Waals surface area (Å²) in [6.45, 7) is 5.45. The first kappa shape index (κ1) is 28.0. The second kappa shape index (κ2) is 10.9. The van der Waals surface area contributed by atoms with Crippen LogP contribution in [0.25, 0.3) is 10.9 Å². The SMILES string of the molecule is C[C@@H]1CN(c2cc(C(=O)Nc3ccc(S(=O)(=O)NCCO)cc3N3CCC4(CC3)CC4)cc3ccn(C)c23)CCO1. The van der Waals surface area contributed by atoms with E-state index in [2.05, 4.69) is 31.3 Å². The second-order valence-electron chi connectivity index (χ2n) is 11.7. The van der Waals surface area contributed by atoms with Crippen molar-refractivity contribution in [1.29, 1.82) is 0 Å². The van der Waals surface area contributed by atoms with Gasteiger partial charge in [-0.2, -0.15) is 0 Å². The number of carbonyl (C=O) groups is 1. The molecule has 3 aromatic rings. The van der Waals surface area contributed by atoms with E-state index in [1.54, 1.807) is 12.1 Å². The number of carbonyl (C=O) groups excluding carboxylic acids is 1. The number of nitrogens with one attached hydrogen (secondary N) is 2. The molecule has 1 aromatic heterocycles. The van der Waals surface area contributed by atoms with E-state index in [4.69, 9.17) is 9.84 Å². The van der Waals surface area contributed by atoms with Crippen LogP contribution in [-0.4, -0.2) is 76.0 Å². The molecular formula is C30H39N5O5S. The lowest BCUT2D eigenvalue weighted by molar-refractivity contribution is 0.0533. The lowest BCUT2D eigenvalue weighted by Crippen LogP contribution is -2.41. The minimum Gasteiger partial charge on any atom is -0.395 e. The predicted octanol–water partition coefficient (Wildman–Crippen LogP) is 3.31. The summed E-state index contributed by atoms with van der Waals surface area (Å²) in [6.07, 6.45) is 6.75. The Morgan fingerprint density at radius 1 is 1.05 bits per heavy atom. The average molecular weight is 582 g/mol. The number of piperidine rings is 1. The van der Waals surface area contributed by atoms with Gasteiger partial charge in [0.15, 0.2) is 0 Å². The van der Waals surface area contributed by atoms with Crippen molar-refractivity contribution in [3.8, 4) is 0 Å². The second-order valence-corrected chi connectivity index (χ2v) is 13.5. The standard InChI is InChI=1S/C30H39N5O5S/c1-21-20-35(14-16-40-21)27-18-23(17-22-5-11-33(2)28(22)27)29(37)32-25-4-3-24(41(38,39)31-10-15-36)19-26(25)34-12-8-30(6-7-30)9-13-34/h3-5,11,17-19,21,31,36H,6-10,12-16,20H2,1-2H3,(H,32,37)/t21-/m1/s1. The minimum atomic E-state index is -3.80. The summed E-state index contributed by atoms with van der Waals surface area (Å²) in [5.41, 5.74) is 4.34. The Bertz CT molecular complexity index is 1550. The number of hydrogen-bond donors (Lipinski definition) is 3. The number of morpholine rings is 1. The number of hydrogen-bond acceptors (Lipinski definition) is 7. The van der Waals surface area contributed by atoms with E-state index < -0.39 is 10.0 Å². The summed E-state index contributed by atoms with van der Waals surface area (Å²) < 4.78 is 36.0. The van der Waals surface area contributed by atoms with Gasteiger partial charge in [0.1, 0.15) is 0 Å². The number of anilines is 3. The third kappa shape index (κ3) is 5.68. The van der Waals surface area contributed by atoms with Gasteiger partial charge in [0.05, 0.1) is 46.8 Å². The molecule has 1 spiro atoms. The van der Waals surface area contributed by atoms with Gasteiger partial charge in [-0.25, -0.2) is 13.1 Å². The maximum atomic E-state index is 13.8. The first-order valence-corrected chi connectivity index (χ1v) is 15.9. The summed E-state index contributed by atoms with van der Waals surface area (Å²) in [5.74, 6) is -0.246. The van der Waals surface area contributed by atoms with Crippen molar-refractivity contribution in [2.24, 2.45) is 12.5 Å². The van der Waals surface area contributed by atoms with E-state index in [1.165, 1.54) is 18.9 Å². The fourth-order valence-corrected chi connectivity index (χ4v) is 7.27. The summed E-state index contributed by atoms with van der Waals surface area (Å²) in [5, 5.41) is 13.2. The topological polar surface area (TPSA) is 116 Å². The van der Waals surface area contributed by atoms with Crippen LogP contribution in [0.15, 0.2) is 47.5 Å². The van der Waals surface area contributed by atoms with E-state index in [0.717, 1.165) is 55.6 Å². The maximum absolute atomic E-state index is 13.8. The number of amides is 1. The number of rotatable bonds is 8. The molecule has 1 atom stereocenters. The van der Waals surface area contributed by atoms with Gasteiger partial charge in [-0.1, -0.05) is 0 Å². The molecule has 11 heteroatoms. The number of nitrogens with zero attached hydrogens (tertiary/aromatic N) is 3. The van der Waals surface area contributed by atoms with Crippen molar-refractivity contribution in [3.63, 3.8) is 0 Å². The molecule has 3 heterocycles. The Morgan fingerprint density at radius 2 is 1.83 bits per heavy atom. The van der Waals surface area contributed by atoms with Gasteiger partial charge in [-0.05, 0) is 74.4 Å². The van der Waals surface area contributed by atoms with Gasteiger partial charge < -0.3 is 29.5 Å². The van der Waals surface area contributed by atoms with Crippen molar-refractivity contribution in [2.45, 2.75) is 43.6 Å². The van der Waals surface area contributed by atoms with Crippen LogP contribution in [-0.2, 0) is 21.8 Å². The number of aromatic nitrogens is 1. The van der Waals surface area contributed by atoms with Crippen LogP contribution in [0.1, 0.15) is 43.0 Å². The zero-order valence-electron chi connectivity index (χ0n) is 23.7. The summed E-state index contributed by atoms with van der Waals surface area (Å²) in [7, 11) is -1.79. The lowest BCUT2D eigenvalue weighted by Gasteiger charge is -2.35. The number of aryl methyl sites for hydroxylation is 1. The molecule has 10 nitrogen and oxygen atoms in total. The van der Waals surface area contributed by atoms with Gasteiger partial charge in [-0.15, -0.1) is 0 Å². The molecule has 2 aromatic carbocycles. The van der Waals surface area contributed by atoms with E-state index in [1.807, 2.05) is 31.4 Å². The highest BCUT2D eigenvalue weighted by atomic mass is 32.2. The van der Waals surface area contributed by atoms with Crippen molar-refractivity contribution < 1.29 is 23.1 Å². The number of ether oxygens (including phenoxy) is 1. The smallest absolute Gasteiger partial charge is 0.255 e. The third-order valence-corrected chi connectivity index (χ3v) is 10.3. The van der Waals surface area contributed by atoms with E-state index in [9.17, 15) is 13.2 Å². The van der Waals surface area contributed by atoms with Gasteiger partial charge in [0.25, 0.3) is 5.91 Å². The zero-order chi connectivity index (χ0) is 28.8. The highest BCUT2D eigenvalue weighted by Gasteiger charge is 2.44. The average Bonchev–Trinajstić information content (AvgIpc) is 3.62. The number of fused-ring (bicyclic) bond motifs is 1. The highest BCUT2D eigenvalue weighted by Crippen LogP contribution is 2.54. The molecule has 0 radical (unpaired) electrons. The van der Waals surface area contributed by atoms with Gasteiger partial charge in [0.2, 0.25) is 10.0 Å². The lowest BCUT2D eigenvalue weighted by atomic mass is 9.93. The number of benzene rings is 2. The molecule has 0 bridgehead atoms. The van der Waals surface area contributed by atoms with E-state index in [0.29, 0.717) is 29.0 Å². The Morgan fingerprint density at radius 3 is 2.54 bits per heavy atom. The molecule has 3 aliphatic rings. The monoisotopic (exact) mass is 581 g/mol. The van der Waals surface area contributed by atoms with Gasteiger partial charge in [0, 0.05) is 56.9 Å².